The Bertz CT molecular complexity index is 326. The predicted octanol–water partition coefficient (Wildman–Crippen LogP) is 2.02. The van der Waals surface area contributed by atoms with E-state index in [0.717, 1.165) is 19.0 Å². The van der Waals surface area contributed by atoms with Gasteiger partial charge in [-0.2, -0.15) is 0 Å². The van der Waals surface area contributed by atoms with Crippen molar-refractivity contribution in [3.63, 3.8) is 0 Å². The fourth-order valence-electron chi connectivity index (χ4n) is 4.19. The third kappa shape index (κ3) is 1.97. The van der Waals surface area contributed by atoms with Gasteiger partial charge in [-0.25, -0.2) is 0 Å². The van der Waals surface area contributed by atoms with Crippen LogP contribution in [-0.4, -0.2) is 36.0 Å². The van der Waals surface area contributed by atoms with Gasteiger partial charge in [0.25, 0.3) is 0 Å². The highest BCUT2D eigenvalue weighted by molar-refractivity contribution is 5.80. The number of fused-ring (bicyclic) bond motifs is 1. The summed E-state index contributed by atoms with van der Waals surface area (Å²) in [5, 5.41) is 3.28. The molecule has 0 spiro atoms. The molecular formula is C15H26N2O. The van der Waals surface area contributed by atoms with E-state index in [1.807, 2.05) is 0 Å². The molecule has 3 aliphatic rings. The second-order valence-corrected chi connectivity index (χ2v) is 6.65. The molecule has 3 rings (SSSR count). The monoisotopic (exact) mass is 250 g/mol. The molecule has 102 valence electrons. The second-order valence-electron chi connectivity index (χ2n) is 6.65. The van der Waals surface area contributed by atoms with Crippen molar-refractivity contribution in [1.29, 1.82) is 0 Å². The fraction of sp³-hybridized carbons (Fsp3) is 0.933. The van der Waals surface area contributed by atoms with Gasteiger partial charge in [-0.05, 0) is 51.1 Å². The van der Waals surface area contributed by atoms with Crippen LogP contribution in [0.1, 0.15) is 46.0 Å². The Labute approximate surface area is 110 Å². The molecule has 3 fully saturated rings. The average molecular weight is 250 g/mol. The molecule has 2 saturated heterocycles. The van der Waals surface area contributed by atoms with Gasteiger partial charge < -0.3 is 10.2 Å². The Morgan fingerprint density at radius 1 is 1.28 bits per heavy atom. The van der Waals surface area contributed by atoms with Gasteiger partial charge in [0.15, 0.2) is 0 Å². The molecule has 0 aromatic carbocycles. The molecule has 3 heteroatoms. The molecule has 0 aromatic rings. The highest BCUT2D eigenvalue weighted by Crippen LogP contribution is 2.40. The predicted molar refractivity (Wildman–Crippen MR) is 72.2 cm³/mol. The number of nitrogens with zero attached hydrogens (tertiary/aromatic N) is 1. The van der Waals surface area contributed by atoms with Crippen LogP contribution in [0.25, 0.3) is 0 Å². The highest BCUT2D eigenvalue weighted by Gasteiger charge is 2.44. The molecule has 1 saturated carbocycles. The van der Waals surface area contributed by atoms with Gasteiger partial charge in [-0.15, -0.1) is 0 Å². The zero-order chi connectivity index (χ0) is 12.7. The van der Waals surface area contributed by atoms with Gasteiger partial charge >= 0.3 is 0 Å². The van der Waals surface area contributed by atoms with Crippen molar-refractivity contribution in [2.75, 3.05) is 13.1 Å². The molecule has 18 heavy (non-hydrogen) atoms. The zero-order valence-corrected chi connectivity index (χ0v) is 11.7. The van der Waals surface area contributed by atoms with Gasteiger partial charge in [0.05, 0.1) is 0 Å². The average Bonchev–Trinajstić information content (AvgIpc) is 2.61. The maximum atomic E-state index is 12.7. The Kier molecular flexibility index (Phi) is 3.35. The van der Waals surface area contributed by atoms with Crippen LogP contribution in [-0.2, 0) is 4.79 Å². The van der Waals surface area contributed by atoms with Crippen LogP contribution in [0.3, 0.4) is 0 Å². The summed E-state index contributed by atoms with van der Waals surface area (Å²) in [5.41, 5.74) is 0. The number of carbonyl (C=O) groups is 1. The van der Waals surface area contributed by atoms with Crippen molar-refractivity contribution in [2.45, 2.75) is 58.0 Å². The molecule has 0 aromatic heterocycles. The lowest BCUT2D eigenvalue weighted by Gasteiger charge is -2.39. The van der Waals surface area contributed by atoms with Gasteiger partial charge in [-0.3, -0.25) is 4.79 Å². The van der Waals surface area contributed by atoms with E-state index < -0.39 is 0 Å². The van der Waals surface area contributed by atoms with Crippen molar-refractivity contribution in [2.24, 2.45) is 17.8 Å². The van der Waals surface area contributed by atoms with Crippen LogP contribution in [0.5, 0.6) is 0 Å². The van der Waals surface area contributed by atoms with Crippen molar-refractivity contribution in [3.8, 4) is 0 Å². The van der Waals surface area contributed by atoms with Crippen LogP contribution >= 0.6 is 0 Å². The van der Waals surface area contributed by atoms with E-state index in [2.05, 4.69) is 24.1 Å². The fourth-order valence-corrected chi connectivity index (χ4v) is 4.19. The molecule has 1 aliphatic carbocycles. The van der Waals surface area contributed by atoms with E-state index in [1.165, 1.54) is 32.1 Å². The highest BCUT2D eigenvalue weighted by atomic mass is 16.2. The first-order chi connectivity index (χ1) is 8.68. The van der Waals surface area contributed by atoms with Crippen LogP contribution in [0.2, 0.25) is 0 Å². The van der Waals surface area contributed by atoms with Gasteiger partial charge in [0.1, 0.15) is 0 Å². The topological polar surface area (TPSA) is 32.3 Å². The molecule has 2 heterocycles. The van der Waals surface area contributed by atoms with Crippen molar-refractivity contribution >= 4 is 5.91 Å². The van der Waals surface area contributed by atoms with E-state index in [4.69, 9.17) is 0 Å². The third-order valence-corrected chi connectivity index (χ3v) is 5.51. The number of nitrogens with one attached hydrogen (secondary N) is 1. The number of carbonyl (C=O) groups excluding carboxylic acids is 1. The summed E-state index contributed by atoms with van der Waals surface area (Å²) in [7, 11) is 0. The Balaban J connectivity index is 1.71. The van der Waals surface area contributed by atoms with E-state index >= 15 is 0 Å². The normalized spacial score (nSPS) is 38.1. The summed E-state index contributed by atoms with van der Waals surface area (Å²) >= 11 is 0. The smallest absolute Gasteiger partial charge is 0.226 e. The second kappa shape index (κ2) is 4.84. The first kappa shape index (κ1) is 12.5. The van der Waals surface area contributed by atoms with Crippen LogP contribution < -0.4 is 5.32 Å². The first-order valence-electron chi connectivity index (χ1n) is 7.71. The molecule has 3 nitrogen and oxygen atoms in total. The van der Waals surface area contributed by atoms with E-state index in [1.54, 1.807) is 0 Å². The maximum Gasteiger partial charge on any atom is 0.226 e. The maximum absolute atomic E-state index is 12.7. The molecule has 1 N–H and O–H groups in total. The lowest BCUT2D eigenvalue weighted by molar-refractivity contribution is -0.140. The lowest BCUT2D eigenvalue weighted by atomic mass is 9.84. The van der Waals surface area contributed by atoms with Crippen LogP contribution in [0, 0.1) is 17.8 Å². The molecule has 4 unspecified atom stereocenters. The van der Waals surface area contributed by atoms with Gasteiger partial charge in [0.2, 0.25) is 5.91 Å². The summed E-state index contributed by atoms with van der Waals surface area (Å²) < 4.78 is 0. The zero-order valence-electron chi connectivity index (χ0n) is 11.7. The molecule has 0 radical (unpaired) electrons. The van der Waals surface area contributed by atoms with Gasteiger partial charge in [-0.1, -0.05) is 19.8 Å². The molecular weight excluding hydrogens is 224 g/mol. The summed E-state index contributed by atoms with van der Waals surface area (Å²) in [6.07, 6.45) is 6.52. The third-order valence-electron chi connectivity index (χ3n) is 5.51. The number of amides is 1. The van der Waals surface area contributed by atoms with Crippen LogP contribution in [0.15, 0.2) is 0 Å². The molecule has 1 amide bonds. The van der Waals surface area contributed by atoms with Crippen molar-refractivity contribution in [3.05, 3.63) is 0 Å². The van der Waals surface area contributed by atoms with Gasteiger partial charge in [0, 0.05) is 18.0 Å². The minimum Gasteiger partial charge on any atom is -0.336 e. The quantitative estimate of drug-likeness (QED) is 0.813. The standard InChI is InChI=1S/C15H26N2O/c1-10-7-12-5-3-4-6-14(12)17(10)15(18)11(2)13-8-16-9-13/h10-14,16H,3-9H2,1-2H3. The first-order valence-corrected chi connectivity index (χ1v) is 7.71. The summed E-state index contributed by atoms with van der Waals surface area (Å²) in [5.74, 6) is 2.02. The number of hydrogen-bond acceptors (Lipinski definition) is 2. The molecule has 4 atom stereocenters. The Morgan fingerprint density at radius 3 is 2.67 bits per heavy atom. The van der Waals surface area contributed by atoms with Crippen LogP contribution in [0.4, 0.5) is 0 Å². The summed E-state index contributed by atoms with van der Waals surface area (Å²) in [6.45, 7) is 6.45. The summed E-state index contributed by atoms with van der Waals surface area (Å²) in [6, 6.07) is 1.04. The molecule has 0 bridgehead atoms. The number of likely N-dealkylation sites (tertiary alicyclic amines) is 1. The van der Waals surface area contributed by atoms with Crippen molar-refractivity contribution < 1.29 is 4.79 Å². The van der Waals surface area contributed by atoms with E-state index in [-0.39, 0.29) is 5.92 Å². The van der Waals surface area contributed by atoms with E-state index in [0.29, 0.717) is 23.9 Å². The largest absolute Gasteiger partial charge is 0.336 e. The van der Waals surface area contributed by atoms with Crippen molar-refractivity contribution in [1.82, 2.24) is 10.2 Å². The number of rotatable bonds is 2. The lowest BCUT2D eigenvalue weighted by Crippen LogP contribution is -2.52. The van der Waals surface area contributed by atoms with E-state index in [9.17, 15) is 4.79 Å². The number of hydrogen-bond donors (Lipinski definition) is 1. The SMILES string of the molecule is CC(C(=O)N1C(C)CC2CCCCC21)C1CNC1. The Morgan fingerprint density at radius 2 is 2.00 bits per heavy atom. The minimum atomic E-state index is 0.217. The summed E-state index contributed by atoms with van der Waals surface area (Å²) in [4.78, 5) is 15.0. The molecule has 2 aliphatic heterocycles. The minimum absolute atomic E-state index is 0.217. The Hall–Kier alpha value is -0.570.